The Balaban J connectivity index is 1.95. The van der Waals surface area contributed by atoms with E-state index in [-0.39, 0.29) is 0 Å². The number of para-hydroxylation sites is 1. The van der Waals surface area contributed by atoms with Gasteiger partial charge in [0.2, 0.25) is 0 Å². The van der Waals surface area contributed by atoms with Crippen molar-refractivity contribution in [1.29, 1.82) is 0 Å². The molecule has 0 spiro atoms. The van der Waals surface area contributed by atoms with Crippen molar-refractivity contribution in [3.05, 3.63) is 102 Å². The molecule has 2 heteroatoms. The average molecular weight is 288 g/mol. The number of anilines is 1. The van der Waals surface area contributed by atoms with Crippen molar-refractivity contribution < 1.29 is 4.74 Å². The van der Waals surface area contributed by atoms with E-state index in [1.165, 1.54) is 0 Å². The molecular formula is C20H18NO. The minimum absolute atomic E-state index is 0.857. The first-order valence-corrected chi connectivity index (χ1v) is 7.26. The van der Waals surface area contributed by atoms with Crippen LogP contribution in [0.15, 0.2) is 84.9 Å². The van der Waals surface area contributed by atoms with E-state index >= 15 is 0 Å². The molecule has 0 bridgehead atoms. The fraction of sp³-hybridized carbons (Fsp3) is 0.0500. The van der Waals surface area contributed by atoms with Crippen LogP contribution in [0.3, 0.4) is 0 Å². The second-order valence-corrected chi connectivity index (χ2v) is 4.96. The van der Waals surface area contributed by atoms with Gasteiger partial charge in [0.25, 0.3) is 0 Å². The minimum Gasteiger partial charge on any atom is -0.497 e. The van der Waals surface area contributed by atoms with Gasteiger partial charge >= 0.3 is 0 Å². The van der Waals surface area contributed by atoms with Gasteiger partial charge in [-0.25, -0.2) is 0 Å². The van der Waals surface area contributed by atoms with E-state index in [4.69, 9.17) is 4.74 Å². The standard InChI is InChI=1S/C20H18NO/c1-22-19-14-12-17(13-15-19)20(16-8-4-2-5-9-16)21-18-10-6-3-7-11-18/h2-15,21H,1H3. The molecule has 2 nitrogen and oxygen atoms in total. The minimum atomic E-state index is 0.857. The number of ether oxygens (including phenoxy) is 1. The first-order valence-electron chi connectivity index (χ1n) is 7.26. The van der Waals surface area contributed by atoms with Crippen molar-refractivity contribution in [3.8, 4) is 5.75 Å². The molecule has 0 saturated carbocycles. The van der Waals surface area contributed by atoms with Gasteiger partial charge in [0, 0.05) is 5.69 Å². The van der Waals surface area contributed by atoms with Gasteiger partial charge in [0.05, 0.1) is 7.11 Å². The Morgan fingerprint density at radius 2 is 1.23 bits per heavy atom. The lowest BCUT2D eigenvalue weighted by atomic mass is 9.98. The Hall–Kier alpha value is -2.74. The zero-order chi connectivity index (χ0) is 15.2. The van der Waals surface area contributed by atoms with Crippen molar-refractivity contribution in [1.82, 2.24) is 0 Å². The second kappa shape index (κ2) is 6.81. The summed E-state index contributed by atoms with van der Waals surface area (Å²) in [4.78, 5) is 0. The molecule has 3 aromatic rings. The summed E-state index contributed by atoms with van der Waals surface area (Å²) in [5.74, 6) is 0.857. The highest BCUT2D eigenvalue weighted by Crippen LogP contribution is 2.27. The molecule has 0 aliphatic carbocycles. The third kappa shape index (κ3) is 3.29. The van der Waals surface area contributed by atoms with Crippen molar-refractivity contribution in [2.45, 2.75) is 0 Å². The maximum Gasteiger partial charge on any atom is 0.120 e. The molecule has 22 heavy (non-hydrogen) atoms. The summed E-state index contributed by atoms with van der Waals surface area (Å²) in [6, 6.07) is 29.7. The Morgan fingerprint density at radius 3 is 1.82 bits per heavy atom. The highest BCUT2D eigenvalue weighted by Gasteiger charge is 2.15. The van der Waals surface area contributed by atoms with Crippen molar-refractivity contribution in [3.63, 3.8) is 0 Å². The van der Waals surface area contributed by atoms with Gasteiger partial charge in [-0.15, -0.1) is 0 Å². The maximum atomic E-state index is 5.24. The SMILES string of the molecule is COc1ccc([C](Nc2ccccc2)c2ccccc2)cc1. The molecule has 109 valence electrons. The van der Waals surface area contributed by atoms with E-state index in [2.05, 4.69) is 41.7 Å². The molecule has 0 unspecified atom stereocenters. The predicted octanol–water partition coefficient (Wildman–Crippen LogP) is 4.74. The van der Waals surface area contributed by atoms with Crippen LogP contribution < -0.4 is 10.1 Å². The highest BCUT2D eigenvalue weighted by molar-refractivity contribution is 5.58. The molecule has 1 radical (unpaired) electrons. The van der Waals surface area contributed by atoms with E-state index in [0.717, 1.165) is 28.6 Å². The molecule has 0 amide bonds. The number of hydrogen-bond acceptors (Lipinski definition) is 2. The Bertz CT molecular complexity index is 693. The lowest BCUT2D eigenvalue weighted by Crippen LogP contribution is -2.13. The molecule has 1 N–H and O–H groups in total. The lowest BCUT2D eigenvalue weighted by Gasteiger charge is -2.20. The first kappa shape index (κ1) is 14.2. The largest absolute Gasteiger partial charge is 0.497 e. The van der Waals surface area contributed by atoms with E-state index in [0.29, 0.717) is 0 Å². The van der Waals surface area contributed by atoms with E-state index in [1.54, 1.807) is 7.11 Å². The maximum absolute atomic E-state index is 5.24. The highest BCUT2D eigenvalue weighted by atomic mass is 16.5. The van der Waals surface area contributed by atoms with Crippen molar-refractivity contribution >= 4 is 5.69 Å². The Kier molecular flexibility index (Phi) is 4.40. The van der Waals surface area contributed by atoms with Gasteiger partial charge in [0.15, 0.2) is 0 Å². The lowest BCUT2D eigenvalue weighted by molar-refractivity contribution is 0.414. The number of benzene rings is 3. The summed E-state index contributed by atoms with van der Waals surface area (Å²) in [6.07, 6.45) is 0. The van der Waals surface area contributed by atoms with Gasteiger partial charge < -0.3 is 10.1 Å². The third-order valence-electron chi connectivity index (χ3n) is 3.48. The monoisotopic (exact) mass is 288 g/mol. The van der Waals surface area contributed by atoms with Gasteiger partial charge in [-0.2, -0.15) is 0 Å². The van der Waals surface area contributed by atoms with Gasteiger partial charge in [-0.1, -0.05) is 60.7 Å². The molecule has 0 saturated heterocycles. The molecule has 0 aliphatic heterocycles. The van der Waals surface area contributed by atoms with Crippen LogP contribution in [-0.4, -0.2) is 7.11 Å². The summed E-state index contributed by atoms with van der Waals surface area (Å²) in [6.45, 7) is 0. The third-order valence-corrected chi connectivity index (χ3v) is 3.48. The van der Waals surface area contributed by atoms with Crippen LogP contribution >= 0.6 is 0 Å². The summed E-state index contributed by atoms with van der Waals surface area (Å²) >= 11 is 0. The number of methoxy groups -OCH3 is 1. The average Bonchev–Trinajstić information content (AvgIpc) is 2.61. The summed E-state index contributed by atoms with van der Waals surface area (Å²) in [7, 11) is 1.68. The molecule has 0 aromatic heterocycles. The predicted molar refractivity (Wildman–Crippen MR) is 90.9 cm³/mol. The molecule has 3 aromatic carbocycles. The summed E-state index contributed by atoms with van der Waals surface area (Å²) in [5, 5.41) is 3.52. The molecule has 3 rings (SSSR count). The van der Waals surface area contributed by atoms with Crippen LogP contribution in [0.1, 0.15) is 11.1 Å². The zero-order valence-corrected chi connectivity index (χ0v) is 12.5. The molecular weight excluding hydrogens is 270 g/mol. The zero-order valence-electron chi connectivity index (χ0n) is 12.5. The fourth-order valence-electron chi connectivity index (χ4n) is 2.34. The second-order valence-electron chi connectivity index (χ2n) is 4.96. The number of nitrogens with one attached hydrogen (secondary N) is 1. The molecule has 0 fully saturated rings. The van der Waals surface area contributed by atoms with Crippen molar-refractivity contribution in [2.75, 3.05) is 12.4 Å². The normalized spacial score (nSPS) is 10.5. The van der Waals surface area contributed by atoms with E-state index < -0.39 is 0 Å². The fourth-order valence-corrected chi connectivity index (χ4v) is 2.34. The molecule has 0 aliphatic rings. The van der Waals surface area contributed by atoms with Crippen LogP contribution in [-0.2, 0) is 0 Å². The van der Waals surface area contributed by atoms with E-state index in [1.807, 2.05) is 48.5 Å². The quantitative estimate of drug-likeness (QED) is 0.732. The number of rotatable bonds is 5. The van der Waals surface area contributed by atoms with Gasteiger partial charge in [-0.3, -0.25) is 0 Å². The Labute approximate surface area is 131 Å². The van der Waals surface area contributed by atoms with E-state index in [9.17, 15) is 0 Å². The molecule has 0 atom stereocenters. The molecule has 0 heterocycles. The van der Waals surface area contributed by atoms with Gasteiger partial charge in [0.1, 0.15) is 11.8 Å². The van der Waals surface area contributed by atoms with Crippen LogP contribution in [0.2, 0.25) is 0 Å². The van der Waals surface area contributed by atoms with Crippen LogP contribution in [0.25, 0.3) is 0 Å². The first-order chi connectivity index (χ1) is 10.9. The summed E-state index contributed by atoms with van der Waals surface area (Å²) < 4.78 is 5.24. The van der Waals surface area contributed by atoms with Crippen LogP contribution in [0, 0.1) is 6.04 Å². The van der Waals surface area contributed by atoms with Crippen LogP contribution in [0.5, 0.6) is 5.75 Å². The topological polar surface area (TPSA) is 21.3 Å². The summed E-state index contributed by atoms with van der Waals surface area (Å²) in [5.41, 5.74) is 3.34. The van der Waals surface area contributed by atoms with Crippen molar-refractivity contribution in [2.24, 2.45) is 0 Å². The number of hydrogen-bond donors (Lipinski definition) is 1. The van der Waals surface area contributed by atoms with Crippen LogP contribution in [0.4, 0.5) is 5.69 Å². The van der Waals surface area contributed by atoms with Gasteiger partial charge in [-0.05, 0) is 35.4 Å². The smallest absolute Gasteiger partial charge is 0.120 e. The Morgan fingerprint density at radius 1 is 0.682 bits per heavy atom.